The molecule has 0 saturated heterocycles. The molecular formula is C19H22N2O3S. The van der Waals surface area contributed by atoms with Crippen molar-refractivity contribution in [1.29, 1.82) is 0 Å². The van der Waals surface area contributed by atoms with E-state index in [-0.39, 0.29) is 5.91 Å². The first-order chi connectivity index (χ1) is 12.2. The van der Waals surface area contributed by atoms with Crippen LogP contribution in [0.4, 0.5) is 11.4 Å². The lowest BCUT2D eigenvalue weighted by atomic mass is 9.95. The Balaban J connectivity index is 1.58. The average Bonchev–Trinajstić information content (AvgIpc) is 3.14. The van der Waals surface area contributed by atoms with Crippen molar-refractivity contribution < 1.29 is 14.3 Å². The number of carbonyl (C=O) groups excluding carboxylic acids is 2. The number of hydrogen-bond acceptors (Lipinski definition) is 5. The van der Waals surface area contributed by atoms with Gasteiger partial charge in [-0.1, -0.05) is 19.3 Å². The van der Waals surface area contributed by atoms with Gasteiger partial charge in [0.15, 0.2) is 0 Å². The maximum absolute atomic E-state index is 12.3. The molecule has 3 rings (SSSR count). The molecule has 5 nitrogen and oxygen atoms in total. The molecule has 1 heterocycles. The van der Waals surface area contributed by atoms with Crippen LogP contribution >= 0.6 is 11.3 Å². The molecule has 6 heteroatoms. The molecule has 1 aromatic carbocycles. The Kier molecular flexibility index (Phi) is 5.71. The van der Waals surface area contributed by atoms with Crippen molar-refractivity contribution in [2.75, 3.05) is 17.7 Å². The van der Waals surface area contributed by atoms with Crippen molar-refractivity contribution in [3.63, 3.8) is 0 Å². The van der Waals surface area contributed by atoms with E-state index in [4.69, 9.17) is 0 Å². The molecule has 25 heavy (non-hydrogen) atoms. The van der Waals surface area contributed by atoms with Gasteiger partial charge in [0.2, 0.25) is 0 Å². The first-order valence-corrected chi connectivity index (χ1v) is 9.33. The van der Waals surface area contributed by atoms with Gasteiger partial charge in [-0.15, -0.1) is 11.3 Å². The smallest absolute Gasteiger partial charge is 0.348 e. The summed E-state index contributed by atoms with van der Waals surface area (Å²) in [5.74, 6) is -0.657. The highest BCUT2D eigenvalue weighted by molar-refractivity contribution is 7.16. The number of esters is 1. The minimum absolute atomic E-state index is 0.229. The van der Waals surface area contributed by atoms with Gasteiger partial charge in [-0.25, -0.2) is 4.79 Å². The minimum Gasteiger partial charge on any atom is -0.465 e. The van der Waals surface area contributed by atoms with E-state index in [0.717, 1.165) is 22.7 Å². The molecule has 1 fully saturated rings. The molecule has 1 aromatic heterocycles. The van der Waals surface area contributed by atoms with Crippen LogP contribution in [0.2, 0.25) is 0 Å². The van der Waals surface area contributed by atoms with Gasteiger partial charge in [-0.3, -0.25) is 4.79 Å². The Bertz CT molecular complexity index is 733. The van der Waals surface area contributed by atoms with E-state index in [1.54, 1.807) is 12.1 Å². The first kappa shape index (κ1) is 17.5. The quantitative estimate of drug-likeness (QED) is 0.771. The van der Waals surface area contributed by atoms with Crippen molar-refractivity contribution in [2.24, 2.45) is 0 Å². The second-order valence-corrected chi connectivity index (χ2v) is 7.25. The van der Waals surface area contributed by atoms with Gasteiger partial charge in [0.1, 0.15) is 4.88 Å². The minimum atomic E-state index is -0.429. The van der Waals surface area contributed by atoms with E-state index in [0.29, 0.717) is 15.8 Å². The zero-order valence-electron chi connectivity index (χ0n) is 14.2. The zero-order chi connectivity index (χ0) is 17.6. The largest absolute Gasteiger partial charge is 0.465 e. The SMILES string of the molecule is COC(=O)c1ccc(C(=O)Nc2ccc(NC3CCCCC3)cc2)s1. The number of thiophene rings is 1. The summed E-state index contributed by atoms with van der Waals surface area (Å²) in [6.45, 7) is 0. The number of hydrogen-bond donors (Lipinski definition) is 2. The summed E-state index contributed by atoms with van der Waals surface area (Å²) in [6.07, 6.45) is 6.36. The molecule has 132 valence electrons. The second-order valence-electron chi connectivity index (χ2n) is 6.17. The molecule has 1 amide bonds. The summed E-state index contributed by atoms with van der Waals surface area (Å²) in [6, 6.07) is 11.5. The summed E-state index contributed by atoms with van der Waals surface area (Å²) < 4.78 is 4.66. The standard InChI is InChI=1S/C19H22N2O3S/c1-24-19(23)17-12-11-16(25-17)18(22)21-15-9-7-14(8-10-15)20-13-5-3-2-4-6-13/h7-13,20H,2-6H2,1H3,(H,21,22). The van der Waals surface area contributed by atoms with Crippen LogP contribution in [-0.2, 0) is 4.74 Å². The molecule has 1 aliphatic rings. The number of methoxy groups -OCH3 is 1. The highest BCUT2D eigenvalue weighted by Gasteiger charge is 2.15. The van der Waals surface area contributed by atoms with E-state index >= 15 is 0 Å². The molecule has 2 aromatic rings. The highest BCUT2D eigenvalue weighted by atomic mass is 32.1. The topological polar surface area (TPSA) is 67.4 Å². The van der Waals surface area contributed by atoms with E-state index < -0.39 is 5.97 Å². The molecule has 1 saturated carbocycles. The number of benzene rings is 1. The van der Waals surface area contributed by atoms with E-state index in [1.165, 1.54) is 39.2 Å². The number of carbonyl (C=O) groups is 2. The average molecular weight is 358 g/mol. The molecule has 0 atom stereocenters. The van der Waals surface area contributed by atoms with Crippen molar-refractivity contribution in [1.82, 2.24) is 0 Å². The van der Waals surface area contributed by atoms with Crippen molar-refractivity contribution in [2.45, 2.75) is 38.1 Å². The molecule has 1 aliphatic carbocycles. The molecule has 0 aliphatic heterocycles. The lowest BCUT2D eigenvalue weighted by Gasteiger charge is -2.23. The molecule has 0 radical (unpaired) electrons. The number of amides is 1. The van der Waals surface area contributed by atoms with Gasteiger partial charge in [-0.2, -0.15) is 0 Å². The third-order valence-corrected chi connectivity index (χ3v) is 5.40. The van der Waals surface area contributed by atoms with Gasteiger partial charge in [0.25, 0.3) is 5.91 Å². The van der Waals surface area contributed by atoms with Crippen LogP contribution in [0.3, 0.4) is 0 Å². The van der Waals surface area contributed by atoms with Gasteiger partial charge >= 0.3 is 5.97 Å². The Morgan fingerprint density at radius 3 is 2.28 bits per heavy atom. The van der Waals surface area contributed by atoms with Crippen LogP contribution in [0.25, 0.3) is 0 Å². The second kappa shape index (κ2) is 8.16. The fourth-order valence-electron chi connectivity index (χ4n) is 3.00. The number of nitrogens with one attached hydrogen (secondary N) is 2. The zero-order valence-corrected chi connectivity index (χ0v) is 15.0. The number of rotatable bonds is 5. The van der Waals surface area contributed by atoms with Gasteiger partial charge in [-0.05, 0) is 49.2 Å². The lowest BCUT2D eigenvalue weighted by molar-refractivity contribution is 0.0606. The van der Waals surface area contributed by atoms with Crippen molar-refractivity contribution in [3.05, 3.63) is 46.2 Å². The molecular weight excluding hydrogens is 336 g/mol. The van der Waals surface area contributed by atoms with Crippen LogP contribution in [0.1, 0.15) is 51.4 Å². The lowest BCUT2D eigenvalue weighted by Crippen LogP contribution is -2.22. The third-order valence-electron chi connectivity index (χ3n) is 4.34. The summed E-state index contributed by atoms with van der Waals surface area (Å²) in [7, 11) is 1.32. The van der Waals surface area contributed by atoms with E-state index in [2.05, 4.69) is 15.4 Å². The molecule has 0 spiro atoms. The van der Waals surface area contributed by atoms with Crippen LogP contribution in [0, 0.1) is 0 Å². The summed E-state index contributed by atoms with van der Waals surface area (Å²) >= 11 is 1.12. The summed E-state index contributed by atoms with van der Waals surface area (Å²) in [5, 5.41) is 6.40. The number of anilines is 2. The Morgan fingerprint density at radius 1 is 0.960 bits per heavy atom. The predicted molar refractivity (Wildman–Crippen MR) is 101 cm³/mol. The predicted octanol–water partition coefficient (Wildman–Crippen LogP) is 4.53. The van der Waals surface area contributed by atoms with Crippen LogP contribution < -0.4 is 10.6 Å². The van der Waals surface area contributed by atoms with Crippen LogP contribution in [0.5, 0.6) is 0 Å². The molecule has 2 N–H and O–H groups in total. The Hall–Kier alpha value is -2.34. The van der Waals surface area contributed by atoms with Gasteiger partial charge in [0.05, 0.1) is 12.0 Å². The van der Waals surface area contributed by atoms with E-state index in [9.17, 15) is 9.59 Å². The van der Waals surface area contributed by atoms with Gasteiger partial charge in [0, 0.05) is 17.4 Å². The molecule has 0 unspecified atom stereocenters. The van der Waals surface area contributed by atoms with Crippen LogP contribution in [-0.4, -0.2) is 25.0 Å². The first-order valence-electron chi connectivity index (χ1n) is 8.52. The fourth-order valence-corrected chi connectivity index (χ4v) is 3.81. The normalized spacial score (nSPS) is 14.8. The summed E-state index contributed by atoms with van der Waals surface area (Å²) in [4.78, 5) is 24.6. The van der Waals surface area contributed by atoms with Crippen molar-refractivity contribution in [3.8, 4) is 0 Å². The maximum atomic E-state index is 12.3. The molecule has 0 bridgehead atoms. The van der Waals surface area contributed by atoms with Crippen molar-refractivity contribution >= 4 is 34.6 Å². The summed E-state index contributed by atoms with van der Waals surface area (Å²) in [5.41, 5.74) is 1.81. The van der Waals surface area contributed by atoms with Crippen LogP contribution in [0.15, 0.2) is 36.4 Å². The maximum Gasteiger partial charge on any atom is 0.348 e. The fraction of sp³-hybridized carbons (Fsp3) is 0.368. The highest BCUT2D eigenvalue weighted by Crippen LogP contribution is 2.23. The number of ether oxygens (including phenoxy) is 1. The van der Waals surface area contributed by atoms with E-state index in [1.807, 2.05) is 24.3 Å². The Morgan fingerprint density at radius 2 is 1.60 bits per heavy atom. The Labute approximate surface area is 151 Å². The van der Waals surface area contributed by atoms with Gasteiger partial charge < -0.3 is 15.4 Å². The third kappa shape index (κ3) is 4.60. The monoisotopic (exact) mass is 358 g/mol.